The van der Waals surface area contributed by atoms with Gasteiger partial charge in [0.25, 0.3) is 0 Å². The first-order valence-corrected chi connectivity index (χ1v) is 28.5. The average molecular weight is 880 g/mol. The van der Waals surface area contributed by atoms with Gasteiger partial charge in [0, 0.05) is 12.8 Å². The minimum absolute atomic E-state index is 0.0284. The van der Waals surface area contributed by atoms with Crippen LogP contribution in [0.2, 0.25) is 0 Å². The minimum atomic E-state index is -0.560. The molecule has 0 heterocycles. The molecule has 5 heteroatoms. The summed E-state index contributed by atoms with van der Waals surface area (Å²) in [6.45, 7) is 9.24. The lowest BCUT2D eigenvalue weighted by molar-refractivity contribution is -0.146. The summed E-state index contributed by atoms with van der Waals surface area (Å²) in [5.41, 5.74) is 0. The van der Waals surface area contributed by atoms with Gasteiger partial charge in [-0.05, 0) is 26.2 Å². The van der Waals surface area contributed by atoms with Crippen molar-refractivity contribution >= 4 is 11.9 Å². The van der Waals surface area contributed by atoms with E-state index in [0.717, 1.165) is 25.7 Å². The Morgan fingerprint density at radius 2 is 0.500 bits per heavy atom. The maximum atomic E-state index is 11.9. The minimum Gasteiger partial charge on any atom is -0.466 e. The number of carbonyl (C=O) groups excluding carboxylic acids is 2. The number of esters is 2. The van der Waals surface area contributed by atoms with Gasteiger partial charge >= 0.3 is 11.9 Å². The third-order valence-electron chi connectivity index (χ3n) is 12.7. The lowest BCUT2D eigenvalue weighted by Gasteiger charge is -2.06. The van der Waals surface area contributed by atoms with Gasteiger partial charge in [-0.3, -0.25) is 9.59 Å². The van der Waals surface area contributed by atoms with E-state index >= 15 is 0 Å². The summed E-state index contributed by atoms with van der Waals surface area (Å²) in [5.74, 6) is -0.147. The van der Waals surface area contributed by atoms with Crippen molar-refractivity contribution in [3.8, 4) is 0 Å². The van der Waals surface area contributed by atoms with Crippen molar-refractivity contribution in [1.29, 1.82) is 0 Å². The molecule has 0 aliphatic carbocycles. The molecule has 0 fully saturated rings. The van der Waals surface area contributed by atoms with Gasteiger partial charge in [0.2, 0.25) is 0 Å². The van der Waals surface area contributed by atoms with Gasteiger partial charge < -0.3 is 14.6 Å². The van der Waals surface area contributed by atoms with Crippen LogP contribution in [-0.4, -0.2) is 36.4 Å². The maximum absolute atomic E-state index is 11.9. The molecule has 0 bridgehead atoms. The smallest absolute Gasteiger partial charge is 0.305 e. The highest BCUT2D eigenvalue weighted by atomic mass is 16.5. The molecule has 62 heavy (non-hydrogen) atoms. The fraction of sp³-hybridized carbons (Fsp3) is 0.965. The topological polar surface area (TPSA) is 72.8 Å². The molecule has 1 unspecified atom stereocenters. The van der Waals surface area contributed by atoms with Crippen molar-refractivity contribution in [3.63, 3.8) is 0 Å². The highest BCUT2D eigenvalue weighted by molar-refractivity contribution is 5.69. The van der Waals surface area contributed by atoms with E-state index in [-0.39, 0.29) is 18.5 Å². The maximum Gasteiger partial charge on any atom is 0.305 e. The predicted molar refractivity (Wildman–Crippen MR) is 272 cm³/mol. The molecule has 1 N–H and O–H groups in total. The molecule has 1 atom stereocenters. The number of rotatable bonds is 51. The molecule has 0 aliphatic rings. The molecule has 5 nitrogen and oxygen atoms in total. The fourth-order valence-corrected chi connectivity index (χ4v) is 8.48. The molecule has 0 aromatic carbocycles. The zero-order valence-electron chi connectivity index (χ0n) is 43.0. The van der Waals surface area contributed by atoms with Crippen LogP contribution in [-0.2, 0) is 19.1 Å². The van der Waals surface area contributed by atoms with Crippen LogP contribution in [0.4, 0.5) is 0 Å². The van der Waals surface area contributed by atoms with Crippen molar-refractivity contribution in [2.75, 3.05) is 13.2 Å². The van der Waals surface area contributed by atoms with E-state index in [2.05, 4.69) is 20.8 Å². The van der Waals surface area contributed by atoms with Gasteiger partial charge in [0.1, 0.15) is 6.61 Å². The van der Waals surface area contributed by atoms with Crippen LogP contribution in [0.15, 0.2) is 0 Å². The Morgan fingerprint density at radius 3 is 0.726 bits per heavy atom. The van der Waals surface area contributed by atoms with Gasteiger partial charge in [0.05, 0.1) is 12.7 Å². The molecule has 0 aromatic rings. The zero-order valence-corrected chi connectivity index (χ0v) is 43.0. The average Bonchev–Trinajstić information content (AvgIpc) is 3.26. The predicted octanol–water partition coefficient (Wildman–Crippen LogP) is 19.2. The van der Waals surface area contributed by atoms with Gasteiger partial charge in [-0.15, -0.1) is 0 Å². The van der Waals surface area contributed by atoms with Gasteiger partial charge in [-0.1, -0.05) is 297 Å². The molecule has 0 radical (unpaired) electrons. The summed E-state index contributed by atoms with van der Waals surface area (Å²) in [5, 5.41) is 9.03. The second-order valence-electron chi connectivity index (χ2n) is 19.5. The first kappa shape index (κ1) is 63.0. The number of aliphatic hydroxyl groups is 1. The van der Waals surface area contributed by atoms with E-state index in [1.54, 1.807) is 6.92 Å². The molecule has 0 aromatic heterocycles. The Labute approximate surface area is 390 Å². The monoisotopic (exact) mass is 879 g/mol. The number of ether oxygens (including phenoxy) is 2. The Morgan fingerprint density at radius 1 is 0.306 bits per heavy atom. The van der Waals surface area contributed by atoms with Crippen LogP contribution in [0.3, 0.4) is 0 Å². The molecule has 0 spiro atoms. The van der Waals surface area contributed by atoms with E-state index in [4.69, 9.17) is 14.6 Å². The van der Waals surface area contributed by atoms with E-state index in [0.29, 0.717) is 19.4 Å². The molecule has 372 valence electrons. The van der Waals surface area contributed by atoms with Crippen LogP contribution in [0.1, 0.15) is 336 Å². The summed E-state index contributed by atoms with van der Waals surface area (Å²) < 4.78 is 10.4. The molecule has 0 amide bonds. The second-order valence-corrected chi connectivity index (χ2v) is 19.5. The lowest BCUT2D eigenvalue weighted by Crippen LogP contribution is -2.14. The molecule has 0 saturated heterocycles. The molecular formula is C57H114O5. The van der Waals surface area contributed by atoms with Crippen LogP contribution < -0.4 is 0 Å². The Bertz CT molecular complexity index is 828. The first-order chi connectivity index (χ1) is 30.5. The summed E-state index contributed by atoms with van der Waals surface area (Å²) >= 11 is 0. The quantitative estimate of drug-likeness (QED) is 0.0487. The molecule has 0 saturated carbocycles. The van der Waals surface area contributed by atoms with Crippen LogP contribution >= 0.6 is 0 Å². The summed E-state index contributed by atoms with van der Waals surface area (Å²) in [7, 11) is 0. The van der Waals surface area contributed by atoms with E-state index in [1.807, 2.05) is 0 Å². The lowest BCUT2D eigenvalue weighted by atomic mass is 10.0. The van der Waals surface area contributed by atoms with Gasteiger partial charge in [0.15, 0.2) is 0 Å². The Hall–Kier alpha value is -1.10. The highest BCUT2D eigenvalue weighted by Gasteiger charge is 2.05. The van der Waals surface area contributed by atoms with E-state index in [1.165, 1.54) is 270 Å². The normalized spacial score (nSPS) is 11.7. The zero-order chi connectivity index (χ0) is 45.5. The van der Waals surface area contributed by atoms with Gasteiger partial charge in [-0.2, -0.15) is 0 Å². The molecule has 0 aliphatic heterocycles. The van der Waals surface area contributed by atoms with Crippen molar-refractivity contribution < 1.29 is 24.2 Å². The fourth-order valence-electron chi connectivity index (χ4n) is 8.48. The van der Waals surface area contributed by atoms with Crippen molar-refractivity contribution in [2.24, 2.45) is 0 Å². The van der Waals surface area contributed by atoms with E-state index < -0.39 is 6.10 Å². The summed E-state index contributed by atoms with van der Waals surface area (Å²) in [4.78, 5) is 23.3. The number of carbonyl (C=O) groups is 2. The Kier molecular flexibility index (Phi) is 58.8. The highest BCUT2D eigenvalue weighted by Crippen LogP contribution is 2.17. The number of hydrogen-bond acceptors (Lipinski definition) is 5. The molecular weight excluding hydrogens is 765 g/mol. The van der Waals surface area contributed by atoms with E-state index in [9.17, 15) is 9.59 Å². The largest absolute Gasteiger partial charge is 0.466 e. The third kappa shape index (κ3) is 61.0. The first-order valence-electron chi connectivity index (χ1n) is 28.5. The van der Waals surface area contributed by atoms with Crippen molar-refractivity contribution in [3.05, 3.63) is 0 Å². The SMILES string of the molecule is CCCCCCCCCCCCCCCCCC(=O)OCC(C)O.CCCCCCCCCCCCCCCCCCOC(=O)CCCCCCCCCCCCCCCCC. The number of aliphatic hydroxyl groups excluding tert-OH is 1. The van der Waals surface area contributed by atoms with Crippen molar-refractivity contribution in [1.82, 2.24) is 0 Å². The number of unbranched alkanes of at least 4 members (excludes halogenated alkanes) is 43. The van der Waals surface area contributed by atoms with Gasteiger partial charge in [-0.25, -0.2) is 0 Å². The standard InChI is InChI=1S/C36H72O2.C21H42O3/c1-3-5-7-9-11-13-15-17-19-21-23-25-27-29-31-33-35-38-36(37)34-32-30-28-26-24-22-20-18-16-14-12-10-8-6-4-2;1-3-4-5-6-7-8-9-10-11-12-13-14-15-16-17-18-21(23)24-19-20(2)22/h3-35H2,1-2H3;20,22H,3-19H2,1-2H3. The summed E-state index contributed by atoms with van der Waals surface area (Å²) in [6, 6.07) is 0. The Balaban J connectivity index is 0. The third-order valence-corrected chi connectivity index (χ3v) is 12.7. The van der Waals surface area contributed by atoms with Crippen LogP contribution in [0.5, 0.6) is 0 Å². The second kappa shape index (κ2) is 57.9. The number of hydrogen-bond donors (Lipinski definition) is 1. The van der Waals surface area contributed by atoms with Crippen molar-refractivity contribution in [2.45, 2.75) is 342 Å². The molecule has 0 rings (SSSR count). The summed E-state index contributed by atoms with van der Waals surface area (Å²) in [6.07, 6.45) is 62.9. The van der Waals surface area contributed by atoms with Crippen LogP contribution in [0, 0.1) is 0 Å². The van der Waals surface area contributed by atoms with Crippen LogP contribution in [0.25, 0.3) is 0 Å².